The van der Waals surface area contributed by atoms with Crippen LogP contribution in [0.25, 0.3) is 0 Å². The van der Waals surface area contributed by atoms with Gasteiger partial charge in [-0.3, -0.25) is 4.79 Å². The molecule has 0 spiro atoms. The number of rotatable bonds is 3. The first-order chi connectivity index (χ1) is 4.09. The number of carboxylic acids is 1. The lowest BCUT2D eigenvalue weighted by Crippen LogP contribution is -2.38. The van der Waals surface area contributed by atoms with E-state index in [-0.39, 0.29) is 5.25 Å². The molecule has 0 aliphatic heterocycles. The third-order valence-electron chi connectivity index (χ3n) is 1.16. The zero-order chi connectivity index (χ0) is 7.44. The highest BCUT2D eigenvalue weighted by atomic mass is 32.2. The average molecular weight is 149 g/mol. The second-order valence-electron chi connectivity index (χ2n) is 1.80. The van der Waals surface area contributed by atoms with Gasteiger partial charge in [0, 0.05) is 5.25 Å². The zero-order valence-electron chi connectivity index (χ0n) is 5.50. The molecule has 0 bridgehead atoms. The van der Waals surface area contributed by atoms with E-state index in [0.29, 0.717) is 0 Å². The Labute approximate surface area is 58.6 Å². The molecule has 2 atom stereocenters. The molecule has 0 amide bonds. The van der Waals surface area contributed by atoms with Crippen molar-refractivity contribution < 1.29 is 9.90 Å². The number of thioether (sulfide) groups is 1. The van der Waals surface area contributed by atoms with Crippen LogP contribution in [-0.2, 0) is 4.79 Å². The fourth-order valence-electron chi connectivity index (χ4n) is 0.347. The van der Waals surface area contributed by atoms with Crippen LogP contribution in [0.3, 0.4) is 0 Å². The van der Waals surface area contributed by atoms with E-state index in [1.807, 2.05) is 6.26 Å². The Morgan fingerprint density at radius 2 is 2.22 bits per heavy atom. The molecule has 0 aromatic heterocycles. The molecule has 0 rings (SSSR count). The molecule has 0 unspecified atom stereocenters. The molecule has 0 fully saturated rings. The van der Waals surface area contributed by atoms with Crippen molar-refractivity contribution in [3.63, 3.8) is 0 Å². The fourth-order valence-corrected chi connectivity index (χ4v) is 0.757. The maximum absolute atomic E-state index is 10.2. The molecule has 0 aliphatic carbocycles. The summed E-state index contributed by atoms with van der Waals surface area (Å²) in [5.74, 6) is -0.933. The van der Waals surface area contributed by atoms with E-state index < -0.39 is 12.0 Å². The second-order valence-corrected chi connectivity index (χ2v) is 3.02. The Kier molecular flexibility index (Phi) is 3.65. The average Bonchev–Trinajstić information content (AvgIpc) is 1.84. The maximum atomic E-state index is 10.2. The highest BCUT2D eigenvalue weighted by molar-refractivity contribution is 7.99. The molecule has 0 aromatic carbocycles. The molecular formula is C5H11NO2S. The maximum Gasteiger partial charge on any atom is 0.321 e. The number of aliphatic carboxylic acids is 1. The molecule has 0 aliphatic rings. The summed E-state index contributed by atoms with van der Waals surface area (Å²) in [7, 11) is 0. The third-order valence-corrected chi connectivity index (χ3v) is 2.20. The van der Waals surface area contributed by atoms with Gasteiger partial charge in [-0.1, -0.05) is 6.92 Å². The lowest BCUT2D eigenvalue weighted by atomic mass is 10.2. The van der Waals surface area contributed by atoms with Crippen LogP contribution in [0.5, 0.6) is 0 Å². The summed E-state index contributed by atoms with van der Waals surface area (Å²) < 4.78 is 0. The largest absolute Gasteiger partial charge is 0.480 e. The van der Waals surface area contributed by atoms with Crippen LogP contribution in [0.15, 0.2) is 0 Å². The SMILES string of the molecule is CS[C@@H](C)[C@H](N)C(=O)O. The van der Waals surface area contributed by atoms with Gasteiger partial charge in [-0.2, -0.15) is 11.8 Å². The van der Waals surface area contributed by atoms with E-state index in [4.69, 9.17) is 10.8 Å². The van der Waals surface area contributed by atoms with Crippen molar-refractivity contribution in [3.8, 4) is 0 Å². The zero-order valence-corrected chi connectivity index (χ0v) is 6.31. The molecular weight excluding hydrogens is 138 g/mol. The molecule has 4 heteroatoms. The monoisotopic (exact) mass is 149 g/mol. The van der Waals surface area contributed by atoms with Crippen LogP contribution in [0.2, 0.25) is 0 Å². The highest BCUT2D eigenvalue weighted by Gasteiger charge is 2.17. The minimum atomic E-state index is -0.933. The van der Waals surface area contributed by atoms with E-state index in [0.717, 1.165) is 0 Å². The summed E-state index contributed by atoms with van der Waals surface area (Å²) in [6.07, 6.45) is 1.84. The summed E-state index contributed by atoms with van der Waals surface area (Å²) >= 11 is 1.46. The van der Waals surface area contributed by atoms with Crippen molar-refractivity contribution in [1.82, 2.24) is 0 Å². The third kappa shape index (κ3) is 2.72. The topological polar surface area (TPSA) is 63.3 Å². The smallest absolute Gasteiger partial charge is 0.321 e. The van der Waals surface area contributed by atoms with Crippen LogP contribution in [0.1, 0.15) is 6.92 Å². The molecule has 0 aromatic rings. The van der Waals surface area contributed by atoms with Crippen molar-refractivity contribution in [2.75, 3.05) is 6.26 Å². The van der Waals surface area contributed by atoms with Crippen molar-refractivity contribution in [2.24, 2.45) is 5.73 Å². The molecule has 3 N–H and O–H groups in total. The van der Waals surface area contributed by atoms with E-state index in [9.17, 15) is 4.79 Å². The first-order valence-corrected chi connectivity index (χ1v) is 3.89. The van der Waals surface area contributed by atoms with Gasteiger partial charge in [-0.25, -0.2) is 0 Å². The van der Waals surface area contributed by atoms with Gasteiger partial charge in [0.15, 0.2) is 0 Å². The van der Waals surface area contributed by atoms with Gasteiger partial charge in [0.05, 0.1) is 0 Å². The van der Waals surface area contributed by atoms with Gasteiger partial charge in [0.2, 0.25) is 0 Å². The summed E-state index contributed by atoms with van der Waals surface area (Å²) in [6, 6.07) is -0.736. The number of carboxylic acid groups (broad SMARTS) is 1. The van der Waals surface area contributed by atoms with Gasteiger partial charge >= 0.3 is 5.97 Å². The van der Waals surface area contributed by atoms with Crippen molar-refractivity contribution in [2.45, 2.75) is 18.2 Å². The number of carbonyl (C=O) groups is 1. The van der Waals surface area contributed by atoms with Gasteiger partial charge in [0.25, 0.3) is 0 Å². The van der Waals surface area contributed by atoms with Crippen LogP contribution < -0.4 is 5.73 Å². The predicted molar refractivity (Wildman–Crippen MR) is 38.6 cm³/mol. The van der Waals surface area contributed by atoms with Crippen LogP contribution in [-0.4, -0.2) is 28.6 Å². The Hall–Kier alpha value is -0.220. The Balaban J connectivity index is 3.72. The number of nitrogens with two attached hydrogens (primary N) is 1. The van der Waals surface area contributed by atoms with Gasteiger partial charge in [0.1, 0.15) is 6.04 Å². The van der Waals surface area contributed by atoms with Crippen LogP contribution in [0.4, 0.5) is 0 Å². The van der Waals surface area contributed by atoms with Crippen molar-refractivity contribution >= 4 is 17.7 Å². The summed E-state index contributed by atoms with van der Waals surface area (Å²) in [5.41, 5.74) is 5.25. The lowest BCUT2D eigenvalue weighted by molar-refractivity contribution is -0.138. The minimum absolute atomic E-state index is 0.0116. The van der Waals surface area contributed by atoms with E-state index >= 15 is 0 Å². The number of hydrogen-bond donors (Lipinski definition) is 2. The molecule has 54 valence electrons. The molecule has 0 heterocycles. The first kappa shape index (κ1) is 8.78. The molecule has 9 heavy (non-hydrogen) atoms. The number of hydrogen-bond acceptors (Lipinski definition) is 3. The Bertz CT molecular complexity index is 107. The van der Waals surface area contributed by atoms with Gasteiger partial charge in [-0.05, 0) is 6.26 Å². The summed E-state index contributed by atoms with van der Waals surface area (Å²) in [4.78, 5) is 10.2. The quantitative estimate of drug-likeness (QED) is 0.599. The standard InChI is InChI=1S/C5H11NO2S/c1-3(9-2)4(6)5(7)8/h3-4H,6H2,1-2H3,(H,7,8)/t3-,4-/m0/s1. The summed E-state index contributed by atoms with van der Waals surface area (Å²) in [6.45, 7) is 1.80. The molecule has 0 radical (unpaired) electrons. The molecule has 0 saturated heterocycles. The van der Waals surface area contributed by atoms with Gasteiger partial charge < -0.3 is 10.8 Å². The highest BCUT2D eigenvalue weighted by Crippen LogP contribution is 2.07. The molecule has 0 saturated carbocycles. The van der Waals surface area contributed by atoms with Crippen LogP contribution >= 0.6 is 11.8 Å². The van der Waals surface area contributed by atoms with Crippen molar-refractivity contribution in [1.29, 1.82) is 0 Å². The van der Waals surface area contributed by atoms with Crippen molar-refractivity contribution in [3.05, 3.63) is 0 Å². The predicted octanol–water partition coefficient (Wildman–Crippen LogP) is 0.150. The van der Waals surface area contributed by atoms with E-state index in [1.54, 1.807) is 6.92 Å². The molecule has 3 nitrogen and oxygen atoms in total. The van der Waals surface area contributed by atoms with Gasteiger partial charge in [-0.15, -0.1) is 0 Å². The minimum Gasteiger partial charge on any atom is -0.480 e. The summed E-state index contributed by atoms with van der Waals surface area (Å²) in [5, 5.41) is 8.33. The second kappa shape index (κ2) is 3.74. The van der Waals surface area contributed by atoms with Crippen LogP contribution in [0, 0.1) is 0 Å². The Morgan fingerprint density at radius 3 is 2.33 bits per heavy atom. The normalized spacial score (nSPS) is 16.8. The lowest BCUT2D eigenvalue weighted by Gasteiger charge is -2.11. The fraction of sp³-hybridized carbons (Fsp3) is 0.800. The Morgan fingerprint density at radius 1 is 1.78 bits per heavy atom. The van der Waals surface area contributed by atoms with E-state index in [1.165, 1.54) is 11.8 Å². The first-order valence-electron chi connectivity index (χ1n) is 2.60. The van der Waals surface area contributed by atoms with E-state index in [2.05, 4.69) is 0 Å².